The molecule has 0 heteroatoms. The second-order valence-electron chi connectivity index (χ2n) is 2.37. The summed E-state index contributed by atoms with van der Waals surface area (Å²) in [5.41, 5.74) is 2.58. The lowest BCUT2D eigenvalue weighted by Crippen LogP contribution is -1.68. The summed E-state index contributed by atoms with van der Waals surface area (Å²) in [6.45, 7) is 9.83. The Bertz CT molecular complexity index is 143. The minimum Gasteiger partial charge on any atom is -0.0991 e. The SMILES string of the molecule is C=C/C=C(\C)C=C(C)C. The predicted molar refractivity (Wildman–Crippen MR) is 43.4 cm³/mol. The molecule has 0 N–H and O–H groups in total. The highest BCUT2D eigenvalue weighted by molar-refractivity contribution is 5.22. The molecule has 0 aromatic heterocycles. The molecule has 0 bridgehead atoms. The number of rotatable bonds is 2. The standard InChI is InChI=1S/C9H14/c1-5-6-9(4)7-8(2)3/h5-7H,1H2,2-4H3/b9-6+. The summed E-state index contributed by atoms with van der Waals surface area (Å²) in [6.07, 6.45) is 5.92. The molecule has 0 amide bonds. The molecule has 0 aliphatic rings. The van der Waals surface area contributed by atoms with Crippen molar-refractivity contribution in [3.05, 3.63) is 36.0 Å². The highest BCUT2D eigenvalue weighted by atomic mass is 13.8. The summed E-state index contributed by atoms with van der Waals surface area (Å²) in [6, 6.07) is 0. The lowest BCUT2D eigenvalue weighted by Gasteiger charge is -1.89. The Hall–Kier alpha value is -0.780. The van der Waals surface area contributed by atoms with E-state index in [9.17, 15) is 0 Å². The summed E-state index contributed by atoms with van der Waals surface area (Å²) in [7, 11) is 0. The molecule has 0 atom stereocenters. The van der Waals surface area contributed by atoms with Crippen LogP contribution in [-0.2, 0) is 0 Å². The zero-order valence-electron chi connectivity index (χ0n) is 6.44. The van der Waals surface area contributed by atoms with Crippen LogP contribution < -0.4 is 0 Å². The molecule has 0 radical (unpaired) electrons. The van der Waals surface area contributed by atoms with E-state index >= 15 is 0 Å². The van der Waals surface area contributed by atoms with Gasteiger partial charge in [-0.1, -0.05) is 36.0 Å². The zero-order chi connectivity index (χ0) is 7.28. The van der Waals surface area contributed by atoms with Crippen molar-refractivity contribution in [1.82, 2.24) is 0 Å². The summed E-state index contributed by atoms with van der Waals surface area (Å²) in [4.78, 5) is 0. The molecule has 0 saturated carbocycles. The fourth-order valence-electron chi connectivity index (χ4n) is 0.689. The van der Waals surface area contributed by atoms with Gasteiger partial charge < -0.3 is 0 Å². The van der Waals surface area contributed by atoms with Crippen LogP contribution in [-0.4, -0.2) is 0 Å². The average molecular weight is 122 g/mol. The molecule has 0 saturated heterocycles. The molecular formula is C9H14. The Labute approximate surface area is 57.6 Å². The summed E-state index contributed by atoms with van der Waals surface area (Å²) < 4.78 is 0. The minimum atomic E-state index is 1.25. The van der Waals surface area contributed by atoms with Crippen molar-refractivity contribution in [2.75, 3.05) is 0 Å². The average Bonchev–Trinajstić information content (AvgIpc) is 1.63. The molecule has 0 heterocycles. The topological polar surface area (TPSA) is 0 Å². The second kappa shape index (κ2) is 4.13. The van der Waals surface area contributed by atoms with Crippen LogP contribution in [0.4, 0.5) is 0 Å². The van der Waals surface area contributed by atoms with Crippen LogP contribution >= 0.6 is 0 Å². The third-order valence-corrected chi connectivity index (χ3v) is 0.897. The highest BCUT2D eigenvalue weighted by Gasteiger charge is 1.78. The van der Waals surface area contributed by atoms with E-state index < -0.39 is 0 Å². The van der Waals surface area contributed by atoms with Gasteiger partial charge in [-0.15, -0.1) is 0 Å². The van der Waals surface area contributed by atoms with Crippen molar-refractivity contribution in [1.29, 1.82) is 0 Å². The molecule has 0 rings (SSSR count). The monoisotopic (exact) mass is 122 g/mol. The molecule has 50 valence electrons. The first-order valence-electron chi connectivity index (χ1n) is 3.11. The predicted octanol–water partition coefficient (Wildman–Crippen LogP) is 3.08. The smallest absolute Gasteiger partial charge is 0.0398 e. The van der Waals surface area contributed by atoms with Gasteiger partial charge in [0.2, 0.25) is 0 Å². The zero-order valence-corrected chi connectivity index (χ0v) is 6.44. The van der Waals surface area contributed by atoms with Gasteiger partial charge in [0.25, 0.3) is 0 Å². The van der Waals surface area contributed by atoms with E-state index in [1.165, 1.54) is 11.1 Å². The fourth-order valence-corrected chi connectivity index (χ4v) is 0.689. The maximum absolute atomic E-state index is 3.60. The largest absolute Gasteiger partial charge is 0.0991 e. The summed E-state index contributed by atoms with van der Waals surface area (Å²) >= 11 is 0. The first-order chi connectivity index (χ1) is 4.16. The van der Waals surface area contributed by atoms with E-state index in [-0.39, 0.29) is 0 Å². The van der Waals surface area contributed by atoms with Gasteiger partial charge in [-0.3, -0.25) is 0 Å². The van der Waals surface area contributed by atoms with E-state index in [1.54, 1.807) is 6.08 Å². The lowest BCUT2D eigenvalue weighted by molar-refractivity contribution is 1.35. The molecule has 0 unspecified atom stereocenters. The Morgan fingerprint density at radius 2 is 1.78 bits per heavy atom. The van der Waals surface area contributed by atoms with Crippen LogP contribution in [0.15, 0.2) is 36.0 Å². The van der Waals surface area contributed by atoms with Crippen LogP contribution in [0, 0.1) is 0 Å². The Morgan fingerprint density at radius 3 is 2.11 bits per heavy atom. The van der Waals surface area contributed by atoms with Gasteiger partial charge in [-0.2, -0.15) is 0 Å². The lowest BCUT2D eigenvalue weighted by atomic mass is 10.2. The first kappa shape index (κ1) is 8.22. The van der Waals surface area contributed by atoms with Gasteiger partial charge in [0.15, 0.2) is 0 Å². The van der Waals surface area contributed by atoms with Crippen molar-refractivity contribution in [2.45, 2.75) is 20.8 Å². The maximum Gasteiger partial charge on any atom is -0.0398 e. The molecule has 0 fully saturated rings. The third kappa shape index (κ3) is 5.09. The van der Waals surface area contributed by atoms with Gasteiger partial charge >= 0.3 is 0 Å². The number of allylic oxidation sites excluding steroid dienone is 5. The summed E-state index contributed by atoms with van der Waals surface area (Å²) in [5.74, 6) is 0. The van der Waals surface area contributed by atoms with Gasteiger partial charge in [0.1, 0.15) is 0 Å². The van der Waals surface area contributed by atoms with Gasteiger partial charge in [-0.25, -0.2) is 0 Å². The van der Waals surface area contributed by atoms with E-state index in [0.29, 0.717) is 0 Å². The molecule has 0 aromatic carbocycles. The van der Waals surface area contributed by atoms with Gasteiger partial charge in [0, 0.05) is 0 Å². The third-order valence-electron chi connectivity index (χ3n) is 0.897. The van der Waals surface area contributed by atoms with E-state index in [2.05, 4.69) is 33.4 Å². The van der Waals surface area contributed by atoms with Crippen LogP contribution in [0.25, 0.3) is 0 Å². The minimum absolute atomic E-state index is 1.25. The molecular weight excluding hydrogens is 108 g/mol. The van der Waals surface area contributed by atoms with Crippen LogP contribution in [0.5, 0.6) is 0 Å². The first-order valence-corrected chi connectivity index (χ1v) is 3.11. The quantitative estimate of drug-likeness (QED) is 0.494. The Kier molecular flexibility index (Phi) is 3.78. The maximum atomic E-state index is 3.60. The van der Waals surface area contributed by atoms with Crippen LogP contribution in [0.3, 0.4) is 0 Å². The normalized spacial score (nSPS) is 10.8. The molecule has 0 aromatic rings. The molecule has 0 aliphatic carbocycles. The summed E-state index contributed by atoms with van der Waals surface area (Å²) in [5, 5.41) is 0. The van der Waals surface area contributed by atoms with Crippen molar-refractivity contribution >= 4 is 0 Å². The van der Waals surface area contributed by atoms with Gasteiger partial charge in [0.05, 0.1) is 0 Å². The molecule has 0 aliphatic heterocycles. The Balaban J connectivity index is 4.05. The van der Waals surface area contributed by atoms with Crippen molar-refractivity contribution in [2.24, 2.45) is 0 Å². The molecule has 0 spiro atoms. The van der Waals surface area contributed by atoms with E-state index in [1.807, 2.05) is 6.08 Å². The van der Waals surface area contributed by atoms with Crippen LogP contribution in [0.2, 0.25) is 0 Å². The van der Waals surface area contributed by atoms with Crippen LogP contribution in [0.1, 0.15) is 20.8 Å². The van der Waals surface area contributed by atoms with Crippen molar-refractivity contribution in [3.63, 3.8) is 0 Å². The molecule has 0 nitrogen and oxygen atoms in total. The molecule has 9 heavy (non-hydrogen) atoms. The van der Waals surface area contributed by atoms with Crippen molar-refractivity contribution in [3.8, 4) is 0 Å². The van der Waals surface area contributed by atoms with Crippen molar-refractivity contribution < 1.29 is 0 Å². The fraction of sp³-hybridized carbons (Fsp3) is 0.333. The second-order valence-corrected chi connectivity index (χ2v) is 2.37. The highest BCUT2D eigenvalue weighted by Crippen LogP contribution is 1.99. The number of hydrogen-bond acceptors (Lipinski definition) is 0. The van der Waals surface area contributed by atoms with E-state index in [4.69, 9.17) is 0 Å². The van der Waals surface area contributed by atoms with E-state index in [0.717, 1.165) is 0 Å². The number of hydrogen-bond donors (Lipinski definition) is 0. The Morgan fingerprint density at radius 1 is 1.22 bits per heavy atom. The van der Waals surface area contributed by atoms with Gasteiger partial charge in [-0.05, 0) is 20.8 Å².